The van der Waals surface area contributed by atoms with Crippen molar-refractivity contribution < 1.29 is 9.13 Å². The molecule has 2 aliphatic rings. The van der Waals surface area contributed by atoms with Gasteiger partial charge in [-0.2, -0.15) is 0 Å². The van der Waals surface area contributed by atoms with E-state index in [1.54, 1.807) is 0 Å². The average Bonchev–Trinajstić information content (AvgIpc) is 3.30. The number of para-hydroxylation sites is 2. The minimum atomic E-state index is -1.61. The average molecular weight is 389 g/mol. The molecule has 29 heavy (non-hydrogen) atoms. The number of nitrogens with zero attached hydrogens (tertiary/aromatic N) is 1. The standard InChI is InChI=1S/C25H16BNOS/c1-4-12-20-17(9-1)18-10-2-5-13-21(18)26(20)27-22-14-6-8-16-24(22)29-25(27)19-11-3-7-15-23(19)28-26/h1-16H. The maximum atomic E-state index is 7.06. The van der Waals surface area contributed by atoms with Gasteiger partial charge in [-0.1, -0.05) is 95.1 Å². The van der Waals surface area contributed by atoms with E-state index in [1.807, 2.05) is 11.3 Å². The molecular weight excluding hydrogens is 373 g/mol. The summed E-state index contributed by atoms with van der Waals surface area (Å²) in [5.41, 5.74) is 7.47. The fraction of sp³-hybridized carbons (Fsp3) is 0. The largest absolute Gasteiger partial charge is 0.650 e. The SMILES string of the molecule is c1ccc2c(c1)O[B-]1(c3ccccc3-c3ccccc31)[n+]1c-2sc2ccccc21. The minimum absolute atomic E-state index is 0.963. The van der Waals surface area contributed by atoms with Gasteiger partial charge in [0, 0.05) is 6.07 Å². The molecule has 1 spiro atoms. The molecular formula is C25H16BNOS. The third-order valence-electron chi connectivity index (χ3n) is 6.38. The summed E-state index contributed by atoms with van der Waals surface area (Å²) in [4.78, 5) is 0. The Morgan fingerprint density at radius 1 is 0.621 bits per heavy atom. The van der Waals surface area contributed by atoms with Crippen molar-refractivity contribution in [1.82, 2.24) is 0 Å². The predicted molar refractivity (Wildman–Crippen MR) is 120 cm³/mol. The van der Waals surface area contributed by atoms with Crippen molar-refractivity contribution >= 4 is 39.0 Å². The van der Waals surface area contributed by atoms with Gasteiger partial charge in [-0.3, -0.25) is 0 Å². The molecule has 136 valence electrons. The van der Waals surface area contributed by atoms with Gasteiger partial charge in [0.2, 0.25) is 5.01 Å². The fourth-order valence-electron chi connectivity index (χ4n) is 5.27. The number of hydrogen-bond acceptors (Lipinski definition) is 2. The lowest BCUT2D eigenvalue weighted by molar-refractivity contribution is -0.508. The Kier molecular flexibility index (Phi) is 2.88. The maximum absolute atomic E-state index is 7.06. The molecule has 0 bridgehead atoms. The normalized spacial score (nSPS) is 14.8. The maximum Gasteiger partial charge on any atom is 0.516 e. The quantitative estimate of drug-likeness (QED) is 0.359. The topological polar surface area (TPSA) is 13.1 Å². The van der Waals surface area contributed by atoms with E-state index in [0.29, 0.717) is 0 Å². The van der Waals surface area contributed by atoms with Crippen LogP contribution in [0.15, 0.2) is 97.1 Å². The highest BCUT2D eigenvalue weighted by molar-refractivity contribution is 7.21. The molecule has 0 aliphatic carbocycles. The van der Waals surface area contributed by atoms with Crippen LogP contribution in [0.1, 0.15) is 0 Å². The Morgan fingerprint density at radius 2 is 1.21 bits per heavy atom. The molecule has 5 aromatic rings. The lowest BCUT2D eigenvalue weighted by Gasteiger charge is -2.38. The zero-order chi connectivity index (χ0) is 19.0. The van der Waals surface area contributed by atoms with Gasteiger partial charge < -0.3 is 9.13 Å². The van der Waals surface area contributed by atoms with Crippen LogP contribution in [0.4, 0.5) is 0 Å². The predicted octanol–water partition coefficient (Wildman–Crippen LogP) is 4.33. The molecule has 0 N–H and O–H groups in total. The molecule has 4 heteroatoms. The van der Waals surface area contributed by atoms with Crippen molar-refractivity contribution in [3.05, 3.63) is 97.1 Å². The first-order valence-electron chi connectivity index (χ1n) is 9.94. The van der Waals surface area contributed by atoms with Gasteiger partial charge >= 0.3 is 6.48 Å². The molecule has 2 nitrogen and oxygen atoms in total. The Bertz CT molecular complexity index is 1410. The molecule has 0 unspecified atom stereocenters. The highest BCUT2D eigenvalue weighted by Crippen LogP contribution is 2.41. The van der Waals surface area contributed by atoms with Crippen LogP contribution >= 0.6 is 11.3 Å². The molecule has 3 heterocycles. The molecule has 1 aromatic heterocycles. The fourth-order valence-corrected chi connectivity index (χ4v) is 6.52. The third-order valence-corrected chi connectivity index (χ3v) is 7.56. The monoisotopic (exact) mass is 389 g/mol. The summed E-state index contributed by atoms with van der Waals surface area (Å²) in [6.45, 7) is -1.61. The Morgan fingerprint density at radius 3 is 1.97 bits per heavy atom. The van der Waals surface area contributed by atoms with E-state index in [4.69, 9.17) is 4.65 Å². The molecule has 0 fully saturated rings. The van der Waals surface area contributed by atoms with Crippen molar-refractivity contribution in [2.75, 3.05) is 0 Å². The molecule has 0 amide bonds. The third kappa shape index (κ3) is 1.80. The Balaban J connectivity index is 1.72. The van der Waals surface area contributed by atoms with Crippen molar-refractivity contribution in [3.8, 4) is 27.4 Å². The number of benzene rings is 4. The molecule has 0 saturated heterocycles. The summed E-state index contributed by atoms with van der Waals surface area (Å²) >= 11 is 1.85. The minimum Gasteiger partial charge on any atom is -0.650 e. The van der Waals surface area contributed by atoms with Crippen LogP contribution in [0.2, 0.25) is 0 Å². The smallest absolute Gasteiger partial charge is 0.516 e. The molecule has 0 saturated carbocycles. The molecule has 0 radical (unpaired) electrons. The first-order chi connectivity index (χ1) is 14.4. The van der Waals surface area contributed by atoms with E-state index < -0.39 is 6.48 Å². The Labute approximate surface area is 172 Å². The summed E-state index contributed by atoms with van der Waals surface area (Å²) in [5.74, 6) is 0.963. The number of hydrogen-bond donors (Lipinski definition) is 0. The first-order valence-corrected chi connectivity index (χ1v) is 10.8. The van der Waals surface area contributed by atoms with Gasteiger partial charge in [0.05, 0.1) is 16.0 Å². The molecule has 4 aromatic carbocycles. The van der Waals surface area contributed by atoms with Crippen LogP contribution < -0.4 is 20.1 Å². The van der Waals surface area contributed by atoms with Crippen molar-refractivity contribution in [1.29, 1.82) is 0 Å². The second-order valence-electron chi connectivity index (χ2n) is 7.78. The summed E-state index contributed by atoms with van der Waals surface area (Å²) in [6.07, 6.45) is 0. The van der Waals surface area contributed by atoms with Crippen LogP contribution in [0, 0.1) is 0 Å². The van der Waals surface area contributed by atoms with Crippen LogP contribution in [0.5, 0.6) is 5.75 Å². The van der Waals surface area contributed by atoms with Crippen molar-refractivity contribution in [3.63, 3.8) is 0 Å². The number of rotatable bonds is 0. The summed E-state index contributed by atoms with van der Waals surface area (Å²) < 4.78 is 10.8. The van der Waals surface area contributed by atoms with Crippen LogP contribution in [-0.4, -0.2) is 6.48 Å². The summed E-state index contributed by atoms with van der Waals surface area (Å²) in [6, 6.07) is 34.6. The van der Waals surface area contributed by atoms with Gasteiger partial charge in [-0.05, 0) is 29.3 Å². The van der Waals surface area contributed by atoms with Crippen LogP contribution in [0.25, 0.3) is 31.9 Å². The van der Waals surface area contributed by atoms with Crippen molar-refractivity contribution in [2.45, 2.75) is 0 Å². The van der Waals surface area contributed by atoms with Gasteiger partial charge in [0.1, 0.15) is 0 Å². The highest BCUT2D eigenvalue weighted by atomic mass is 32.1. The summed E-state index contributed by atoms with van der Waals surface area (Å²) in [7, 11) is 0. The number of fused-ring (bicyclic) bond motifs is 11. The van der Waals surface area contributed by atoms with Gasteiger partial charge in [-0.15, -0.1) is 0 Å². The van der Waals surface area contributed by atoms with Gasteiger partial charge in [0.25, 0.3) is 0 Å². The second-order valence-corrected chi connectivity index (χ2v) is 8.81. The van der Waals surface area contributed by atoms with E-state index in [9.17, 15) is 0 Å². The van der Waals surface area contributed by atoms with E-state index in [1.165, 1.54) is 42.8 Å². The molecule has 2 aliphatic heterocycles. The number of thiazole rings is 1. The Hall–Kier alpha value is -3.37. The first kappa shape index (κ1) is 15.5. The van der Waals surface area contributed by atoms with E-state index in [-0.39, 0.29) is 0 Å². The molecule has 7 rings (SSSR count). The number of aromatic nitrogens is 1. The lowest BCUT2D eigenvalue weighted by Crippen LogP contribution is -2.82. The second kappa shape index (κ2) is 5.37. The van der Waals surface area contributed by atoms with E-state index >= 15 is 0 Å². The zero-order valence-electron chi connectivity index (χ0n) is 15.6. The molecule has 0 atom stereocenters. The van der Waals surface area contributed by atoms with Gasteiger partial charge in [0.15, 0.2) is 5.52 Å². The van der Waals surface area contributed by atoms with Crippen molar-refractivity contribution in [2.24, 2.45) is 0 Å². The zero-order valence-corrected chi connectivity index (χ0v) is 16.4. The van der Waals surface area contributed by atoms with Crippen LogP contribution in [-0.2, 0) is 0 Å². The van der Waals surface area contributed by atoms with E-state index in [0.717, 1.165) is 5.75 Å². The van der Waals surface area contributed by atoms with Crippen LogP contribution in [0.3, 0.4) is 0 Å². The van der Waals surface area contributed by atoms with Gasteiger partial charge in [-0.25, -0.2) is 0 Å². The summed E-state index contributed by atoms with van der Waals surface area (Å²) in [5, 5.41) is 1.26. The highest BCUT2D eigenvalue weighted by Gasteiger charge is 2.56. The van der Waals surface area contributed by atoms with E-state index in [2.05, 4.69) is 102 Å². The lowest BCUT2D eigenvalue weighted by atomic mass is 9.43.